The highest BCUT2D eigenvalue weighted by atomic mass is 32.2. The van der Waals surface area contributed by atoms with E-state index in [0.29, 0.717) is 10.6 Å². The van der Waals surface area contributed by atoms with Crippen LogP contribution >= 0.6 is 11.8 Å². The lowest BCUT2D eigenvalue weighted by Gasteiger charge is -2.17. The Labute approximate surface area is 171 Å². The number of carbonyl (C=O) groups is 1. The Hall–Kier alpha value is -2.32. The Morgan fingerprint density at radius 3 is 2.64 bits per heavy atom. The molecule has 1 aromatic heterocycles. The smallest absolute Gasteiger partial charge is 0.237 e. The van der Waals surface area contributed by atoms with Gasteiger partial charge in [-0.2, -0.15) is 5.26 Å². The van der Waals surface area contributed by atoms with E-state index >= 15 is 0 Å². The van der Waals surface area contributed by atoms with Crippen LogP contribution in [-0.2, 0) is 17.6 Å². The van der Waals surface area contributed by atoms with Crippen LogP contribution in [0.1, 0.15) is 60.6 Å². The van der Waals surface area contributed by atoms with Crippen molar-refractivity contribution in [3.63, 3.8) is 0 Å². The molecular weight excluding hydrogens is 366 g/mol. The SMILES string of the molecule is Cc1ccc(NC(=O)C(C)Sc2nc3c(cc2C#N)CCCCCC3)c(C)c1. The number of anilines is 1. The van der Waals surface area contributed by atoms with Crippen molar-refractivity contribution in [2.75, 3.05) is 5.32 Å². The van der Waals surface area contributed by atoms with E-state index in [-0.39, 0.29) is 11.2 Å². The van der Waals surface area contributed by atoms with Crippen LogP contribution in [-0.4, -0.2) is 16.1 Å². The van der Waals surface area contributed by atoms with E-state index in [1.54, 1.807) is 0 Å². The van der Waals surface area contributed by atoms with Crippen molar-refractivity contribution >= 4 is 23.4 Å². The Morgan fingerprint density at radius 2 is 1.93 bits per heavy atom. The molecule has 4 nitrogen and oxygen atoms in total. The Kier molecular flexibility index (Phi) is 6.74. The number of nitrogens with one attached hydrogen (secondary N) is 1. The number of hydrogen-bond donors (Lipinski definition) is 1. The van der Waals surface area contributed by atoms with Gasteiger partial charge in [-0.25, -0.2) is 4.98 Å². The van der Waals surface area contributed by atoms with Crippen molar-refractivity contribution in [2.45, 2.75) is 69.6 Å². The highest BCUT2D eigenvalue weighted by Crippen LogP contribution is 2.30. The molecule has 1 amide bonds. The molecule has 5 heteroatoms. The Morgan fingerprint density at radius 1 is 1.18 bits per heavy atom. The summed E-state index contributed by atoms with van der Waals surface area (Å²) in [6, 6.07) is 10.2. The molecular formula is C23H27N3OS. The fraction of sp³-hybridized carbons (Fsp3) is 0.435. The maximum absolute atomic E-state index is 12.7. The maximum atomic E-state index is 12.7. The van der Waals surface area contributed by atoms with E-state index < -0.39 is 0 Å². The van der Waals surface area contributed by atoms with Crippen LogP contribution in [0.3, 0.4) is 0 Å². The minimum atomic E-state index is -0.341. The van der Waals surface area contributed by atoms with Gasteiger partial charge in [0.05, 0.1) is 10.8 Å². The van der Waals surface area contributed by atoms with E-state index in [0.717, 1.165) is 42.6 Å². The van der Waals surface area contributed by atoms with Gasteiger partial charge in [0.2, 0.25) is 5.91 Å². The van der Waals surface area contributed by atoms with Crippen LogP contribution in [0.25, 0.3) is 0 Å². The largest absolute Gasteiger partial charge is 0.325 e. The predicted molar refractivity (Wildman–Crippen MR) is 115 cm³/mol. The van der Waals surface area contributed by atoms with E-state index in [2.05, 4.69) is 17.5 Å². The van der Waals surface area contributed by atoms with Gasteiger partial charge in [0.25, 0.3) is 0 Å². The number of carbonyl (C=O) groups excluding carboxylic acids is 1. The van der Waals surface area contributed by atoms with Crippen molar-refractivity contribution in [3.05, 3.63) is 52.2 Å². The molecule has 0 radical (unpaired) electrons. The second-order valence-electron chi connectivity index (χ2n) is 7.54. The van der Waals surface area contributed by atoms with Gasteiger partial charge in [-0.3, -0.25) is 4.79 Å². The summed E-state index contributed by atoms with van der Waals surface area (Å²) in [6.07, 6.45) is 6.72. The molecule has 1 unspecified atom stereocenters. The summed E-state index contributed by atoms with van der Waals surface area (Å²) in [4.78, 5) is 17.5. The van der Waals surface area contributed by atoms with Gasteiger partial charge in [-0.15, -0.1) is 0 Å². The molecule has 146 valence electrons. The maximum Gasteiger partial charge on any atom is 0.237 e. The standard InChI is InChI=1S/C23H27N3OS/c1-15-10-11-20(16(2)12-15)25-22(27)17(3)28-23-19(14-24)13-18-8-6-4-5-7-9-21(18)26-23/h10-13,17H,4-9H2,1-3H3,(H,25,27). The molecule has 28 heavy (non-hydrogen) atoms. The number of nitrogens with zero attached hydrogens (tertiary/aromatic N) is 2. The summed E-state index contributed by atoms with van der Waals surface area (Å²) in [5.41, 5.74) is 5.92. The third-order valence-corrected chi connectivity index (χ3v) is 6.29. The lowest BCUT2D eigenvalue weighted by atomic mass is 9.96. The molecule has 2 aromatic rings. The van der Waals surface area contributed by atoms with Gasteiger partial charge in [0.1, 0.15) is 11.1 Å². The molecule has 1 aliphatic carbocycles. The molecule has 0 aliphatic heterocycles. The Balaban J connectivity index is 1.77. The average molecular weight is 394 g/mol. The summed E-state index contributed by atoms with van der Waals surface area (Å²) in [7, 11) is 0. The monoisotopic (exact) mass is 393 g/mol. The van der Waals surface area contributed by atoms with E-state index in [4.69, 9.17) is 4.98 Å². The first-order chi connectivity index (χ1) is 13.5. The minimum absolute atomic E-state index is 0.0746. The third-order valence-electron chi connectivity index (χ3n) is 5.18. The van der Waals surface area contributed by atoms with Crippen molar-refractivity contribution in [3.8, 4) is 6.07 Å². The first-order valence-corrected chi connectivity index (χ1v) is 10.8. The summed E-state index contributed by atoms with van der Waals surface area (Å²) in [5, 5.41) is 12.9. The lowest BCUT2D eigenvalue weighted by molar-refractivity contribution is -0.115. The average Bonchev–Trinajstić information content (AvgIpc) is 2.65. The third kappa shape index (κ3) is 4.94. The van der Waals surface area contributed by atoms with Gasteiger partial charge in [-0.1, -0.05) is 42.3 Å². The fourth-order valence-electron chi connectivity index (χ4n) is 3.55. The topological polar surface area (TPSA) is 65.8 Å². The summed E-state index contributed by atoms with van der Waals surface area (Å²) in [6.45, 7) is 5.89. The van der Waals surface area contributed by atoms with E-state index in [1.165, 1.54) is 35.7 Å². The number of amides is 1. The van der Waals surface area contributed by atoms with Gasteiger partial charge in [-0.05, 0) is 69.7 Å². The van der Waals surface area contributed by atoms with E-state index in [1.807, 2.05) is 39.0 Å². The molecule has 0 fully saturated rings. The number of nitriles is 1. The van der Waals surface area contributed by atoms with Crippen LogP contribution < -0.4 is 5.32 Å². The van der Waals surface area contributed by atoms with E-state index in [9.17, 15) is 10.1 Å². The highest BCUT2D eigenvalue weighted by molar-refractivity contribution is 8.00. The molecule has 3 rings (SSSR count). The molecule has 0 bridgehead atoms. The number of aryl methyl sites for hydroxylation is 4. The zero-order valence-electron chi connectivity index (χ0n) is 16.8. The summed E-state index contributed by atoms with van der Waals surface area (Å²) >= 11 is 1.37. The number of fused-ring (bicyclic) bond motifs is 1. The van der Waals surface area contributed by atoms with Crippen molar-refractivity contribution < 1.29 is 4.79 Å². The van der Waals surface area contributed by atoms with Gasteiger partial charge >= 0.3 is 0 Å². The van der Waals surface area contributed by atoms with Crippen LogP contribution in [0.15, 0.2) is 29.3 Å². The lowest BCUT2D eigenvalue weighted by Crippen LogP contribution is -2.23. The van der Waals surface area contributed by atoms with Crippen molar-refractivity contribution in [1.82, 2.24) is 4.98 Å². The minimum Gasteiger partial charge on any atom is -0.325 e. The molecule has 0 saturated heterocycles. The fourth-order valence-corrected chi connectivity index (χ4v) is 4.44. The second-order valence-corrected chi connectivity index (χ2v) is 8.87. The number of thioether (sulfide) groups is 1. The summed E-state index contributed by atoms with van der Waals surface area (Å²) in [5.74, 6) is -0.0746. The molecule has 1 N–H and O–H groups in total. The van der Waals surface area contributed by atoms with Gasteiger partial charge in [0, 0.05) is 11.4 Å². The second kappa shape index (κ2) is 9.25. The Bertz CT molecular complexity index is 917. The number of benzene rings is 1. The van der Waals surface area contributed by atoms with Crippen molar-refractivity contribution in [2.24, 2.45) is 0 Å². The number of pyridine rings is 1. The van der Waals surface area contributed by atoms with Crippen LogP contribution in [0.4, 0.5) is 5.69 Å². The molecule has 1 aromatic carbocycles. The quantitative estimate of drug-likeness (QED) is 0.711. The van der Waals surface area contributed by atoms with Gasteiger partial charge in [0.15, 0.2) is 0 Å². The molecule has 1 aliphatic rings. The number of hydrogen-bond acceptors (Lipinski definition) is 4. The first-order valence-electron chi connectivity index (χ1n) is 9.95. The van der Waals surface area contributed by atoms with Crippen LogP contribution in [0, 0.1) is 25.2 Å². The first kappa shape index (κ1) is 20.4. The highest BCUT2D eigenvalue weighted by Gasteiger charge is 2.20. The number of rotatable bonds is 4. The molecule has 0 saturated carbocycles. The van der Waals surface area contributed by atoms with Crippen LogP contribution in [0.5, 0.6) is 0 Å². The van der Waals surface area contributed by atoms with Crippen molar-refractivity contribution in [1.29, 1.82) is 5.26 Å². The predicted octanol–water partition coefficient (Wildman–Crippen LogP) is 5.35. The zero-order valence-corrected chi connectivity index (χ0v) is 17.7. The normalized spacial score (nSPS) is 14.9. The molecule has 0 spiro atoms. The zero-order chi connectivity index (χ0) is 20.1. The summed E-state index contributed by atoms with van der Waals surface area (Å²) < 4.78 is 0. The van der Waals surface area contributed by atoms with Crippen LogP contribution in [0.2, 0.25) is 0 Å². The molecule has 1 heterocycles. The molecule has 1 atom stereocenters. The van der Waals surface area contributed by atoms with Gasteiger partial charge < -0.3 is 5.32 Å². The number of aromatic nitrogens is 1.